The zero-order valence-corrected chi connectivity index (χ0v) is 22.1. The van der Waals surface area contributed by atoms with Gasteiger partial charge in [-0.2, -0.15) is 0 Å². The third-order valence-corrected chi connectivity index (χ3v) is 7.29. The summed E-state index contributed by atoms with van der Waals surface area (Å²) in [4.78, 5) is 27.9. The highest BCUT2D eigenvalue weighted by Gasteiger charge is 2.31. The molecule has 0 saturated heterocycles. The van der Waals surface area contributed by atoms with Gasteiger partial charge in [0.15, 0.2) is 0 Å². The highest BCUT2D eigenvalue weighted by Crippen LogP contribution is 2.25. The molecular weight excluding hydrogens is 450 g/mol. The van der Waals surface area contributed by atoms with Crippen LogP contribution in [0.15, 0.2) is 42.5 Å². The van der Waals surface area contributed by atoms with Crippen LogP contribution < -0.4 is 9.62 Å². The maximum atomic E-state index is 13.6. The molecule has 0 radical (unpaired) electrons. The first kappa shape index (κ1) is 27.4. The van der Waals surface area contributed by atoms with Gasteiger partial charge in [0.05, 0.1) is 11.9 Å². The van der Waals surface area contributed by atoms with Crippen LogP contribution in [0.1, 0.15) is 49.4 Å². The summed E-state index contributed by atoms with van der Waals surface area (Å²) < 4.78 is 26.6. The summed E-state index contributed by atoms with van der Waals surface area (Å²) in [6, 6.07) is 12.3. The van der Waals surface area contributed by atoms with Crippen molar-refractivity contribution in [3.05, 3.63) is 64.7 Å². The fourth-order valence-electron chi connectivity index (χ4n) is 3.54. The van der Waals surface area contributed by atoms with E-state index in [0.717, 1.165) is 39.2 Å². The van der Waals surface area contributed by atoms with Crippen LogP contribution in [0.4, 0.5) is 5.69 Å². The standard InChI is InChI=1S/C26H37N3O4S/c1-8-20(4)27-26(31)22(6)28(16-23-14-12-18(2)13-15-23)25(30)17-29(34(7,32)33)24-11-9-10-19(3)21(24)5/h9-15,20,22H,8,16-17H2,1-7H3,(H,27,31)/t20-,22+/m0/s1. The zero-order chi connectivity index (χ0) is 25.6. The fraction of sp³-hybridized carbons (Fsp3) is 0.462. The number of aryl methyl sites for hydroxylation is 2. The van der Waals surface area contributed by atoms with Gasteiger partial charge in [0.1, 0.15) is 12.6 Å². The Labute approximate surface area is 204 Å². The molecule has 2 aromatic carbocycles. The Morgan fingerprint density at radius 3 is 2.18 bits per heavy atom. The van der Waals surface area contributed by atoms with E-state index in [4.69, 9.17) is 0 Å². The van der Waals surface area contributed by atoms with Gasteiger partial charge in [-0.05, 0) is 63.8 Å². The van der Waals surface area contributed by atoms with Gasteiger partial charge in [0, 0.05) is 12.6 Å². The molecule has 0 saturated carbocycles. The minimum absolute atomic E-state index is 0.0336. The minimum Gasteiger partial charge on any atom is -0.352 e. The lowest BCUT2D eigenvalue weighted by Crippen LogP contribution is -2.52. The molecule has 2 amide bonds. The van der Waals surface area contributed by atoms with Crippen LogP contribution in [-0.4, -0.2) is 50.0 Å². The van der Waals surface area contributed by atoms with Crippen molar-refractivity contribution in [2.75, 3.05) is 17.1 Å². The first-order valence-electron chi connectivity index (χ1n) is 11.5. The SMILES string of the molecule is CC[C@H](C)NC(=O)[C@@H](C)N(Cc1ccc(C)cc1)C(=O)CN(c1cccc(C)c1C)S(C)(=O)=O. The molecule has 0 bridgehead atoms. The van der Waals surface area contributed by atoms with Crippen LogP contribution in [-0.2, 0) is 26.2 Å². The van der Waals surface area contributed by atoms with Gasteiger partial charge in [-0.15, -0.1) is 0 Å². The topological polar surface area (TPSA) is 86.8 Å². The lowest BCUT2D eigenvalue weighted by atomic mass is 10.1. The molecule has 0 fully saturated rings. The Hall–Kier alpha value is -2.87. The third kappa shape index (κ3) is 7.06. The second-order valence-electron chi connectivity index (χ2n) is 8.99. The lowest BCUT2D eigenvalue weighted by molar-refractivity contribution is -0.139. The first-order valence-corrected chi connectivity index (χ1v) is 13.4. The van der Waals surface area contributed by atoms with Crippen molar-refractivity contribution in [3.8, 4) is 0 Å². The predicted octanol–water partition coefficient (Wildman–Crippen LogP) is 3.71. The highest BCUT2D eigenvalue weighted by atomic mass is 32.2. The molecule has 186 valence electrons. The number of nitrogens with one attached hydrogen (secondary N) is 1. The molecular formula is C26H37N3O4S. The Morgan fingerprint density at radius 2 is 1.62 bits per heavy atom. The molecule has 2 aromatic rings. The van der Waals surface area contributed by atoms with E-state index < -0.39 is 28.5 Å². The highest BCUT2D eigenvalue weighted by molar-refractivity contribution is 7.92. The van der Waals surface area contributed by atoms with Gasteiger partial charge in [-0.25, -0.2) is 8.42 Å². The van der Waals surface area contributed by atoms with Gasteiger partial charge in [-0.3, -0.25) is 13.9 Å². The van der Waals surface area contributed by atoms with Crippen LogP contribution in [0.25, 0.3) is 0 Å². The summed E-state index contributed by atoms with van der Waals surface area (Å²) >= 11 is 0. The molecule has 2 atom stereocenters. The van der Waals surface area contributed by atoms with E-state index in [1.807, 2.05) is 65.0 Å². The Balaban J connectivity index is 2.42. The molecule has 0 unspecified atom stereocenters. The average Bonchev–Trinajstić information content (AvgIpc) is 2.77. The number of nitrogens with zero attached hydrogens (tertiary/aromatic N) is 2. The van der Waals surface area contributed by atoms with E-state index in [1.165, 1.54) is 4.90 Å². The van der Waals surface area contributed by atoms with Crippen LogP contribution in [0, 0.1) is 20.8 Å². The number of rotatable bonds is 10. The molecule has 0 aromatic heterocycles. The molecule has 0 spiro atoms. The molecule has 0 aliphatic rings. The number of hydrogen-bond donors (Lipinski definition) is 1. The van der Waals surface area contributed by atoms with E-state index in [-0.39, 0.29) is 18.5 Å². The van der Waals surface area contributed by atoms with Crippen molar-refractivity contribution in [2.45, 2.75) is 66.6 Å². The first-order chi connectivity index (χ1) is 15.8. The number of sulfonamides is 1. The van der Waals surface area contributed by atoms with Gasteiger partial charge in [-0.1, -0.05) is 48.9 Å². The van der Waals surface area contributed by atoms with Crippen molar-refractivity contribution in [2.24, 2.45) is 0 Å². The van der Waals surface area contributed by atoms with Crippen LogP contribution >= 0.6 is 0 Å². The van der Waals surface area contributed by atoms with E-state index in [1.54, 1.807) is 19.1 Å². The normalized spacial score (nSPS) is 13.1. The molecule has 0 aliphatic carbocycles. The summed E-state index contributed by atoms with van der Waals surface area (Å²) in [5.74, 6) is -0.717. The number of amides is 2. The summed E-state index contributed by atoms with van der Waals surface area (Å²) in [6.07, 6.45) is 1.85. The van der Waals surface area contributed by atoms with E-state index >= 15 is 0 Å². The van der Waals surface area contributed by atoms with Crippen molar-refractivity contribution < 1.29 is 18.0 Å². The van der Waals surface area contributed by atoms with Crippen LogP contribution in [0.5, 0.6) is 0 Å². The summed E-state index contributed by atoms with van der Waals surface area (Å²) in [7, 11) is -3.75. The second-order valence-corrected chi connectivity index (χ2v) is 10.9. The molecule has 34 heavy (non-hydrogen) atoms. The minimum atomic E-state index is -3.75. The van der Waals surface area contributed by atoms with Gasteiger partial charge < -0.3 is 10.2 Å². The number of anilines is 1. The number of carbonyl (C=O) groups excluding carboxylic acids is 2. The number of hydrogen-bond acceptors (Lipinski definition) is 4. The van der Waals surface area contributed by atoms with E-state index in [9.17, 15) is 18.0 Å². The molecule has 7 nitrogen and oxygen atoms in total. The quantitative estimate of drug-likeness (QED) is 0.554. The summed E-state index contributed by atoms with van der Waals surface area (Å²) in [5.41, 5.74) is 4.12. The smallest absolute Gasteiger partial charge is 0.244 e. The van der Waals surface area contributed by atoms with Crippen molar-refractivity contribution in [1.82, 2.24) is 10.2 Å². The lowest BCUT2D eigenvalue weighted by Gasteiger charge is -2.32. The van der Waals surface area contributed by atoms with Crippen LogP contribution in [0.2, 0.25) is 0 Å². The zero-order valence-electron chi connectivity index (χ0n) is 21.3. The molecule has 8 heteroatoms. The van der Waals surface area contributed by atoms with Crippen molar-refractivity contribution in [1.29, 1.82) is 0 Å². The van der Waals surface area contributed by atoms with Gasteiger partial charge in [0.2, 0.25) is 21.8 Å². The fourth-order valence-corrected chi connectivity index (χ4v) is 4.44. The Morgan fingerprint density at radius 1 is 1.00 bits per heavy atom. The number of carbonyl (C=O) groups is 2. The Bertz CT molecular complexity index is 1110. The third-order valence-electron chi connectivity index (χ3n) is 6.17. The molecule has 2 rings (SSSR count). The second kappa shape index (κ2) is 11.5. The number of benzene rings is 2. The van der Waals surface area contributed by atoms with E-state index in [2.05, 4.69) is 5.32 Å². The summed E-state index contributed by atoms with van der Waals surface area (Å²) in [5, 5.41) is 2.93. The van der Waals surface area contributed by atoms with Crippen molar-refractivity contribution >= 4 is 27.5 Å². The van der Waals surface area contributed by atoms with E-state index in [0.29, 0.717) is 5.69 Å². The van der Waals surface area contributed by atoms with Crippen LogP contribution in [0.3, 0.4) is 0 Å². The molecule has 0 aliphatic heterocycles. The molecule has 1 N–H and O–H groups in total. The maximum absolute atomic E-state index is 13.6. The molecule has 0 heterocycles. The van der Waals surface area contributed by atoms with Crippen molar-refractivity contribution in [3.63, 3.8) is 0 Å². The summed E-state index contributed by atoms with van der Waals surface area (Å²) in [6.45, 7) is 11.1. The maximum Gasteiger partial charge on any atom is 0.244 e. The van der Waals surface area contributed by atoms with Gasteiger partial charge in [0.25, 0.3) is 0 Å². The predicted molar refractivity (Wildman–Crippen MR) is 137 cm³/mol. The Kier molecular flexibility index (Phi) is 9.27. The van der Waals surface area contributed by atoms with Gasteiger partial charge >= 0.3 is 0 Å². The largest absolute Gasteiger partial charge is 0.352 e. The average molecular weight is 488 g/mol. The monoisotopic (exact) mass is 487 g/mol.